The molecular weight excluding hydrogens is 314 g/mol. The summed E-state index contributed by atoms with van der Waals surface area (Å²) in [4.78, 5) is 12.6. The van der Waals surface area contributed by atoms with E-state index in [9.17, 15) is 4.79 Å². The van der Waals surface area contributed by atoms with E-state index < -0.39 is 5.60 Å². The second-order valence-electron chi connectivity index (χ2n) is 6.47. The molecule has 3 aromatic rings. The lowest BCUT2D eigenvalue weighted by molar-refractivity contribution is 0.0224. The fourth-order valence-corrected chi connectivity index (χ4v) is 3.80. The number of carbonyl (C=O) groups is 1. The van der Waals surface area contributed by atoms with Gasteiger partial charge in [-0.1, -0.05) is 29.8 Å². The second-order valence-corrected chi connectivity index (χ2v) is 6.47. The first kappa shape index (κ1) is 14.1. The van der Waals surface area contributed by atoms with Gasteiger partial charge in [0.05, 0.1) is 5.56 Å². The van der Waals surface area contributed by atoms with Crippen LogP contribution in [0.2, 0.25) is 0 Å². The predicted molar refractivity (Wildman–Crippen MR) is 93.8 cm³/mol. The van der Waals surface area contributed by atoms with Crippen molar-refractivity contribution in [3.63, 3.8) is 0 Å². The Hall–Kier alpha value is -3.27. The highest BCUT2D eigenvalue weighted by Crippen LogP contribution is 2.56. The van der Waals surface area contributed by atoms with Crippen LogP contribution >= 0.6 is 0 Å². The molecule has 0 saturated heterocycles. The van der Waals surface area contributed by atoms with Crippen molar-refractivity contribution in [3.8, 4) is 11.5 Å². The Labute approximate surface area is 144 Å². The number of anilines is 1. The Bertz CT molecular complexity index is 1060. The molecule has 5 rings (SSSR count). The molecule has 0 bridgehead atoms. The van der Waals surface area contributed by atoms with Crippen molar-refractivity contribution in [3.05, 3.63) is 88.5 Å². The first-order valence-corrected chi connectivity index (χ1v) is 8.11. The molecule has 4 heteroatoms. The summed E-state index contributed by atoms with van der Waals surface area (Å²) in [6.07, 6.45) is 0. The van der Waals surface area contributed by atoms with E-state index in [0.717, 1.165) is 22.3 Å². The topological polar surface area (TPSA) is 61.5 Å². The molecule has 2 aliphatic rings. The summed E-state index contributed by atoms with van der Waals surface area (Å²) in [7, 11) is 0. The molecule has 1 spiro atoms. The maximum atomic E-state index is 12.6. The molecule has 0 radical (unpaired) electrons. The molecule has 1 atom stereocenters. The standard InChI is InChI=1S/C21H15NO3/c1-12-6-9-18-17(10-12)21(16-8-7-13(22)11-19(16)24-18)15-5-3-2-4-14(15)20(23)25-21/h2-11H,22H2,1H3. The number of benzene rings is 3. The number of carbonyl (C=O) groups excluding carboxylic acids is 1. The van der Waals surface area contributed by atoms with E-state index in [0.29, 0.717) is 22.7 Å². The summed E-state index contributed by atoms with van der Waals surface area (Å²) in [5.41, 5.74) is 9.66. The number of nitrogens with two attached hydrogens (primary N) is 1. The van der Waals surface area contributed by atoms with Gasteiger partial charge in [0.2, 0.25) is 0 Å². The number of hydrogen-bond donors (Lipinski definition) is 1. The van der Waals surface area contributed by atoms with Crippen LogP contribution in [0.5, 0.6) is 11.5 Å². The maximum Gasteiger partial charge on any atom is 0.340 e. The molecule has 122 valence electrons. The van der Waals surface area contributed by atoms with Gasteiger partial charge in [-0.15, -0.1) is 0 Å². The number of ether oxygens (including phenoxy) is 2. The third kappa shape index (κ3) is 1.74. The van der Waals surface area contributed by atoms with Gasteiger partial charge in [0.15, 0.2) is 5.60 Å². The van der Waals surface area contributed by atoms with Gasteiger partial charge in [0.1, 0.15) is 11.5 Å². The average Bonchev–Trinajstić information content (AvgIpc) is 2.90. The molecule has 2 aliphatic heterocycles. The predicted octanol–water partition coefficient (Wildman–Crippen LogP) is 4.15. The molecule has 25 heavy (non-hydrogen) atoms. The van der Waals surface area contributed by atoms with E-state index in [2.05, 4.69) is 0 Å². The van der Waals surface area contributed by atoms with Crippen LogP contribution in [0, 0.1) is 6.92 Å². The van der Waals surface area contributed by atoms with Crippen LogP contribution in [-0.4, -0.2) is 5.97 Å². The minimum Gasteiger partial charge on any atom is -0.456 e. The van der Waals surface area contributed by atoms with Gasteiger partial charge < -0.3 is 15.2 Å². The Kier molecular flexibility index (Phi) is 2.61. The number of rotatable bonds is 0. The summed E-state index contributed by atoms with van der Waals surface area (Å²) in [6.45, 7) is 2.01. The van der Waals surface area contributed by atoms with E-state index in [1.54, 1.807) is 18.2 Å². The normalized spacial score (nSPS) is 19.6. The molecule has 1 unspecified atom stereocenters. The van der Waals surface area contributed by atoms with Crippen molar-refractivity contribution in [2.45, 2.75) is 12.5 Å². The van der Waals surface area contributed by atoms with Gasteiger partial charge >= 0.3 is 5.97 Å². The van der Waals surface area contributed by atoms with Crippen LogP contribution < -0.4 is 10.5 Å². The van der Waals surface area contributed by atoms with E-state index in [-0.39, 0.29) is 5.97 Å². The summed E-state index contributed by atoms with van der Waals surface area (Å²) < 4.78 is 12.1. The Morgan fingerprint density at radius 2 is 1.72 bits per heavy atom. The van der Waals surface area contributed by atoms with Crippen molar-refractivity contribution in [2.75, 3.05) is 5.73 Å². The SMILES string of the molecule is Cc1ccc2c(c1)C1(OC(=O)c3ccccc31)c1ccc(N)cc1O2. The summed E-state index contributed by atoms with van der Waals surface area (Å²) in [6, 6.07) is 18.9. The molecule has 0 fully saturated rings. The van der Waals surface area contributed by atoms with Crippen LogP contribution in [-0.2, 0) is 10.3 Å². The molecule has 2 heterocycles. The lowest BCUT2D eigenvalue weighted by atomic mass is 9.77. The quantitative estimate of drug-likeness (QED) is 0.497. The number of nitrogen functional groups attached to an aromatic ring is 1. The van der Waals surface area contributed by atoms with Crippen molar-refractivity contribution < 1.29 is 14.3 Å². The van der Waals surface area contributed by atoms with E-state index >= 15 is 0 Å². The largest absolute Gasteiger partial charge is 0.456 e. The third-order valence-corrected chi connectivity index (χ3v) is 4.89. The summed E-state index contributed by atoms with van der Waals surface area (Å²) in [5.74, 6) is 0.960. The molecule has 0 amide bonds. The van der Waals surface area contributed by atoms with Crippen molar-refractivity contribution in [1.29, 1.82) is 0 Å². The molecule has 0 aromatic heterocycles. The molecule has 0 saturated carbocycles. The lowest BCUT2D eigenvalue weighted by Crippen LogP contribution is -2.33. The fraction of sp³-hybridized carbons (Fsp3) is 0.0952. The van der Waals surface area contributed by atoms with Crippen LogP contribution in [0.25, 0.3) is 0 Å². The minimum atomic E-state index is -1.00. The monoisotopic (exact) mass is 329 g/mol. The van der Waals surface area contributed by atoms with E-state index in [1.165, 1.54) is 0 Å². The lowest BCUT2D eigenvalue weighted by Gasteiger charge is -2.36. The Balaban J connectivity index is 1.92. The zero-order valence-corrected chi connectivity index (χ0v) is 13.6. The number of fused-ring (bicyclic) bond motifs is 6. The molecule has 2 N–H and O–H groups in total. The van der Waals surface area contributed by atoms with E-state index in [4.69, 9.17) is 15.2 Å². The number of aryl methyl sites for hydroxylation is 1. The van der Waals surface area contributed by atoms with Crippen LogP contribution in [0.1, 0.15) is 32.6 Å². The zero-order valence-electron chi connectivity index (χ0n) is 13.6. The summed E-state index contributed by atoms with van der Waals surface area (Å²) in [5, 5.41) is 0. The Morgan fingerprint density at radius 1 is 0.880 bits per heavy atom. The zero-order chi connectivity index (χ0) is 17.2. The van der Waals surface area contributed by atoms with Gasteiger partial charge in [0.25, 0.3) is 0 Å². The van der Waals surface area contributed by atoms with Gasteiger partial charge in [-0.2, -0.15) is 0 Å². The number of hydrogen-bond acceptors (Lipinski definition) is 4. The van der Waals surface area contributed by atoms with Crippen molar-refractivity contribution >= 4 is 11.7 Å². The second kappa shape index (κ2) is 4.63. The minimum absolute atomic E-state index is 0.326. The van der Waals surface area contributed by atoms with Gasteiger partial charge in [-0.25, -0.2) is 4.79 Å². The molecule has 3 aromatic carbocycles. The highest BCUT2D eigenvalue weighted by atomic mass is 16.6. The van der Waals surface area contributed by atoms with Gasteiger partial charge in [0, 0.05) is 28.4 Å². The van der Waals surface area contributed by atoms with Crippen LogP contribution in [0.4, 0.5) is 5.69 Å². The van der Waals surface area contributed by atoms with Crippen molar-refractivity contribution in [2.24, 2.45) is 0 Å². The van der Waals surface area contributed by atoms with Gasteiger partial charge in [-0.3, -0.25) is 0 Å². The smallest absolute Gasteiger partial charge is 0.340 e. The first-order chi connectivity index (χ1) is 12.1. The molecule has 0 aliphatic carbocycles. The maximum absolute atomic E-state index is 12.6. The fourth-order valence-electron chi connectivity index (χ4n) is 3.80. The van der Waals surface area contributed by atoms with Crippen LogP contribution in [0.15, 0.2) is 60.7 Å². The average molecular weight is 329 g/mol. The van der Waals surface area contributed by atoms with Gasteiger partial charge in [-0.05, 0) is 37.3 Å². The number of esters is 1. The van der Waals surface area contributed by atoms with E-state index in [1.807, 2.05) is 49.4 Å². The molecule has 4 nitrogen and oxygen atoms in total. The third-order valence-electron chi connectivity index (χ3n) is 4.89. The summed E-state index contributed by atoms with van der Waals surface area (Å²) >= 11 is 0. The van der Waals surface area contributed by atoms with Crippen molar-refractivity contribution in [1.82, 2.24) is 0 Å². The first-order valence-electron chi connectivity index (χ1n) is 8.11. The van der Waals surface area contributed by atoms with Crippen LogP contribution in [0.3, 0.4) is 0 Å². The molecular formula is C21H15NO3. The highest BCUT2D eigenvalue weighted by Gasteiger charge is 2.53. The highest BCUT2D eigenvalue weighted by molar-refractivity contribution is 5.97. The Morgan fingerprint density at radius 3 is 2.60 bits per heavy atom.